The van der Waals surface area contributed by atoms with Crippen LogP contribution >= 0.6 is 0 Å². The summed E-state index contributed by atoms with van der Waals surface area (Å²) < 4.78 is 13.9. The third-order valence-corrected chi connectivity index (χ3v) is 25.1. The van der Waals surface area contributed by atoms with E-state index in [1.807, 2.05) is 0 Å². The minimum absolute atomic E-state index is 0.00276. The highest BCUT2D eigenvalue weighted by molar-refractivity contribution is 5.99. The summed E-state index contributed by atoms with van der Waals surface area (Å²) in [5, 5.41) is 23.5. The standard InChI is InChI=1S/2C28H40O4/c2*1-24(2)7-13-16(10-24)27(6)12-18(30)28(27)20-19-17(29)11-26(19,5)15-9-25(3,4)8-14(15)22(20)32-23(28)21(13)31/h2*13-16,19-23,31H,7-12H2,1-6H3/t2*13-,14-,15+,16+,19+,20+,21+,22+,23-,26-,27-,28-/m00/s1. The van der Waals surface area contributed by atoms with Crippen LogP contribution in [0.5, 0.6) is 0 Å². The van der Waals surface area contributed by atoms with Gasteiger partial charge in [-0.3, -0.25) is 19.2 Å². The molecule has 14 fully saturated rings. The fraction of sp³-hybridized carbons (Fsp3) is 0.929. The molecule has 2 N–H and O–H groups in total. The lowest BCUT2D eigenvalue weighted by Gasteiger charge is -2.70. The Morgan fingerprint density at radius 2 is 0.734 bits per heavy atom. The normalized spacial score (nSPS) is 62.7. The highest BCUT2D eigenvalue weighted by Gasteiger charge is 2.88. The van der Waals surface area contributed by atoms with Gasteiger partial charge in [-0.25, -0.2) is 0 Å². The van der Waals surface area contributed by atoms with Crippen molar-refractivity contribution in [2.45, 2.75) is 197 Å². The van der Waals surface area contributed by atoms with Crippen molar-refractivity contribution in [1.82, 2.24) is 0 Å². The first-order chi connectivity index (χ1) is 29.5. The largest absolute Gasteiger partial charge is 0.390 e. The van der Waals surface area contributed by atoms with Gasteiger partial charge >= 0.3 is 0 Å². The fourth-order valence-electron chi connectivity index (χ4n) is 23.4. The van der Waals surface area contributed by atoms with Crippen LogP contribution in [-0.4, -0.2) is 70.0 Å². The maximum atomic E-state index is 13.8. The SMILES string of the molecule is CC1(C)C[C@@H]2[C@H]3O[C@H]4[C@H](O)[C@H]5CC(C)(C)C[C@H]5[C@]5(C)CC(=O)[C@]45[C@@H]3[C@H]3C(=O)C[C@@]3(C)[C@@H]2C1.CC1(C)C[C@@H]2[C@H]3O[C@H]4[C@H](O)[C@H]5CC(C)(C)C[C@H]5[C@]5(C)CC(=O)[C@]45[C@@H]3[C@H]3C(=O)C[C@@]3(C)[C@@H]2C1. The number of hydrogen-bond acceptors (Lipinski definition) is 8. The van der Waals surface area contributed by atoms with E-state index in [1.165, 1.54) is 0 Å². The zero-order valence-electron chi connectivity index (χ0n) is 41.2. The van der Waals surface area contributed by atoms with E-state index in [-0.39, 0.29) is 103 Å². The molecule has 8 heteroatoms. The maximum absolute atomic E-state index is 13.8. The number of ether oxygens (including phenoxy) is 2. The number of aliphatic hydroxyl groups excluding tert-OH is 2. The van der Waals surface area contributed by atoms with E-state index in [4.69, 9.17) is 9.47 Å². The zero-order valence-corrected chi connectivity index (χ0v) is 41.2. The molecule has 2 heterocycles. The molecule has 12 saturated carbocycles. The Morgan fingerprint density at radius 1 is 0.422 bits per heavy atom. The van der Waals surface area contributed by atoms with Crippen molar-refractivity contribution in [2.24, 2.45) is 125 Å². The summed E-state index contributed by atoms with van der Waals surface area (Å²) >= 11 is 0. The molecular weight excluding hydrogens is 801 g/mol. The average molecular weight is 881 g/mol. The van der Waals surface area contributed by atoms with Gasteiger partial charge in [0.25, 0.3) is 0 Å². The second kappa shape index (κ2) is 11.7. The van der Waals surface area contributed by atoms with Crippen molar-refractivity contribution in [3.63, 3.8) is 0 Å². The van der Waals surface area contributed by atoms with E-state index in [0.717, 1.165) is 51.4 Å². The monoisotopic (exact) mass is 881 g/mol. The molecule has 12 aliphatic carbocycles. The number of fused-ring (bicyclic) bond motifs is 16. The Balaban J connectivity index is 0.000000129. The molecule has 14 aliphatic rings. The van der Waals surface area contributed by atoms with Crippen LogP contribution in [0.3, 0.4) is 0 Å². The van der Waals surface area contributed by atoms with Crippen LogP contribution in [0.4, 0.5) is 0 Å². The summed E-state index contributed by atoms with van der Waals surface area (Å²) in [4.78, 5) is 54.3. The summed E-state index contributed by atoms with van der Waals surface area (Å²) in [6.07, 6.45) is 9.14. The van der Waals surface area contributed by atoms with Crippen LogP contribution in [-0.2, 0) is 28.7 Å². The second-order valence-corrected chi connectivity index (χ2v) is 30.5. The van der Waals surface area contributed by atoms with Crippen LogP contribution in [0.2, 0.25) is 0 Å². The molecule has 14 rings (SSSR count). The quantitative estimate of drug-likeness (QED) is 0.247. The Bertz CT molecular complexity index is 2050. The number of carbonyl (C=O) groups is 4. The lowest BCUT2D eigenvalue weighted by molar-refractivity contribution is -0.239. The van der Waals surface area contributed by atoms with Gasteiger partial charge in [0.1, 0.15) is 23.1 Å². The molecule has 0 amide bonds. The van der Waals surface area contributed by atoms with Crippen molar-refractivity contribution >= 4 is 23.1 Å². The number of carbonyl (C=O) groups excluding carboxylic acids is 4. The van der Waals surface area contributed by atoms with Crippen LogP contribution in [0.1, 0.15) is 160 Å². The molecule has 0 aromatic rings. The van der Waals surface area contributed by atoms with Crippen molar-refractivity contribution in [3.8, 4) is 0 Å². The molecule has 2 saturated heterocycles. The van der Waals surface area contributed by atoms with E-state index in [0.29, 0.717) is 72.8 Å². The summed E-state index contributed by atoms with van der Waals surface area (Å²) in [6.45, 7) is 28.1. The zero-order chi connectivity index (χ0) is 45.6. The maximum Gasteiger partial charge on any atom is 0.143 e. The molecular formula is C56H80O8. The van der Waals surface area contributed by atoms with Crippen molar-refractivity contribution in [3.05, 3.63) is 0 Å². The summed E-state index contributed by atoms with van der Waals surface area (Å²) in [7, 11) is 0. The van der Waals surface area contributed by atoms with Crippen molar-refractivity contribution in [2.75, 3.05) is 0 Å². The molecule has 24 atom stereocenters. The molecule has 0 aromatic carbocycles. The Morgan fingerprint density at radius 3 is 1.05 bits per heavy atom. The molecule has 2 aliphatic heterocycles. The van der Waals surface area contributed by atoms with Crippen LogP contribution in [0.25, 0.3) is 0 Å². The molecule has 8 nitrogen and oxygen atoms in total. The average Bonchev–Trinajstić information content (AvgIpc) is 4.00. The van der Waals surface area contributed by atoms with Crippen LogP contribution < -0.4 is 0 Å². The van der Waals surface area contributed by atoms with Gasteiger partial charge in [-0.15, -0.1) is 0 Å². The third kappa shape index (κ3) is 4.41. The third-order valence-electron chi connectivity index (χ3n) is 25.1. The lowest BCUT2D eigenvalue weighted by atomic mass is 9.30. The predicted octanol–water partition coefficient (Wildman–Crippen LogP) is 8.85. The first-order valence-electron chi connectivity index (χ1n) is 26.3. The van der Waals surface area contributed by atoms with Gasteiger partial charge < -0.3 is 19.7 Å². The molecule has 2 spiro atoms. The molecule has 0 bridgehead atoms. The van der Waals surface area contributed by atoms with Gasteiger partial charge in [-0.2, -0.15) is 0 Å². The summed E-state index contributed by atoms with van der Waals surface area (Å²) in [6, 6.07) is 0. The Labute approximate surface area is 382 Å². The minimum Gasteiger partial charge on any atom is -0.390 e. The molecule has 0 aromatic heterocycles. The fourth-order valence-corrected chi connectivity index (χ4v) is 23.4. The van der Waals surface area contributed by atoms with E-state index < -0.39 is 35.2 Å². The summed E-state index contributed by atoms with van der Waals surface area (Å²) in [5.41, 5.74) is -0.747. The van der Waals surface area contributed by atoms with Crippen molar-refractivity contribution in [1.29, 1.82) is 0 Å². The van der Waals surface area contributed by atoms with E-state index in [9.17, 15) is 29.4 Å². The smallest absolute Gasteiger partial charge is 0.143 e. The van der Waals surface area contributed by atoms with Crippen LogP contribution in [0, 0.1) is 125 Å². The van der Waals surface area contributed by atoms with Gasteiger partial charge in [-0.1, -0.05) is 83.1 Å². The number of rotatable bonds is 0. The minimum atomic E-state index is -0.654. The van der Waals surface area contributed by atoms with Gasteiger partial charge in [0.05, 0.1) is 47.5 Å². The number of ketones is 4. The predicted molar refractivity (Wildman–Crippen MR) is 239 cm³/mol. The highest BCUT2D eigenvalue weighted by Crippen LogP contribution is 2.84. The lowest BCUT2D eigenvalue weighted by Crippen LogP contribution is -2.77. The van der Waals surface area contributed by atoms with Gasteiger partial charge in [0.15, 0.2) is 0 Å². The Hall–Kier alpha value is -1.48. The van der Waals surface area contributed by atoms with Crippen LogP contribution in [0.15, 0.2) is 0 Å². The number of aliphatic hydroxyl groups is 2. The molecule has 0 radical (unpaired) electrons. The van der Waals surface area contributed by atoms with Gasteiger partial charge in [0, 0.05) is 49.4 Å². The van der Waals surface area contributed by atoms with Crippen molar-refractivity contribution < 1.29 is 38.9 Å². The van der Waals surface area contributed by atoms with E-state index >= 15 is 0 Å². The molecule has 64 heavy (non-hydrogen) atoms. The number of Topliss-reactive ketones (excluding diaryl/α,β-unsaturated/α-hetero) is 4. The Kier molecular flexibility index (Phi) is 7.82. The summed E-state index contributed by atoms with van der Waals surface area (Å²) in [5.74, 6) is 4.04. The molecule has 352 valence electrons. The van der Waals surface area contributed by atoms with Gasteiger partial charge in [-0.05, 0) is 142 Å². The second-order valence-electron chi connectivity index (χ2n) is 30.5. The van der Waals surface area contributed by atoms with Gasteiger partial charge in [0.2, 0.25) is 0 Å². The highest BCUT2D eigenvalue weighted by atomic mass is 16.5. The topological polar surface area (TPSA) is 127 Å². The first-order valence-corrected chi connectivity index (χ1v) is 26.3. The van der Waals surface area contributed by atoms with E-state index in [1.54, 1.807) is 0 Å². The number of hydrogen-bond donors (Lipinski definition) is 2. The van der Waals surface area contributed by atoms with E-state index in [2.05, 4.69) is 83.1 Å². The first kappa shape index (κ1) is 42.6. The molecule has 0 unspecified atom stereocenters.